The summed E-state index contributed by atoms with van der Waals surface area (Å²) in [7, 11) is 1.57. The first-order valence-electron chi connectivity index (χ1n) is 9.32. The summed E-state index contributed by atoms with van der Waals surface area (Å²) >= 11 is 0. The molecule has 2 N–H and O–H groups in total. The zero-order chi connectivity index (χ0) is 19.1. The molecule has 2 aromatic rings. The fourth-order valence-electron chi connectivity index (χ4n) is 3.90. The first kappa shape index (κ1) is 17.9. The summed E-state index contributed by atoms with van der Waals surface area (Å²) in [5.41, 5.74) is 2.00. The summed E-state index contributed by atoms with van der Waals surface area (Å²) in [6.07, 6.45) is 3.87. The van der Waals surface area contributed by atoms with Crippen LogP contribution in [0, 0.1) is 0 Å². The molecular formula is C19H25N5O3. The number of β-amino-alcohol motifs (C(OH)–C–C–N with tert-alkyl or cyclic N) is 1. The topological polar surface area (TPSA) is 92.5 Å². The van der Waals surface area contributed by atoms with Gasteiger partial charge in [0.05, 0.1) is 42.6 Å². The minimum atomic E-state index is -0.502. The minimum Gasteiger partial charge on any atom is -0.480 e. The summed E-state index contributed by atoms with van der Waals surface area (Å²) in [5.74, 6) is 1.09. The van der Waals surface area contributed by atoms with E-state index < -0.39 is 6.10 Å². The van der Waals surface area contributed by atoms with Gasteiger partial charge in [-0.3, -0.25) is 4.79 Å². The Kier molecular flexibility index (Phi) is 4.61. The monoisotopic (exact) mass is 371 g/mol. The molecule has 2 aliphatic rings. The van der Waals surface area contributed by atoms with Gasteiger partial charge in [-0.05, 0) is 32.9 Å². The standard InChI is InChI=1S/C19H25N5O3/c1-11(2)24-10-14-12(19(24)26)8-13(18(22-14)27-3)17-21-6-7-23(17)15-4-5-20-9-16(15)25/h6-8,11,15-16,20,25H,4-5,9-10H2,1-3H3/t15-,16-/m0/s1. The molecule has 0 spiro atoms. The van der Waals surface area contributed by atoms with Crippen LogP contribution in [0.1, 0.15) is 42.4 Å². The van der Waals surface area contributed by atoms with Crippen molar-refractivity contribution < 1.29 is 14.6 Å². The number of hydrogen-bond donors (Lipinski definition) is 2. The SMILES string of the molecule is COc1nc2c(cc1-c1nccn1[C@H]1CCNC[C@@H]1O)C(=O)N(C(C)C)C2. The van der Waals surface area contributed by atoms with Gasteiger partial charge in [0.25, 0.3) is 5.91 Å². The first-order valence-corrected chi connectivity index (χ1v) is 9.32. The van der Waals surface area contributed by atoms with E-state index in [2.05, 4.69) is 15.3 Å². The number of hydrogen-bond acceptors (Lipinski definition) is 6. The molecule has 144 valence electrons. The minimum absolute atomic E-state index is 0.0172. The molecule has 0 unspecified atom stereocenters. The van der Waals surface area contributed by atoms with Crippen molar-refractivity contribution in [3.8, 4) is 17.3 Å². The van der Waals surface area contributed by atoms with Gasteiger partial charge in [0.15, 0.2) is 0 Å². The largest absolute Gasteiger partial charge is 0.480 e. The highest BCUT2D eigenvalue weighted by atomic mass is 16.5. The lowest BCUT2D eigenvalue weighted by atomic mass is 10.0. The third-order valence-corrected chi connectivity index (χ3v) is 5.38. The highest BCUT2D eigenvalue weighted by Gasteiger charge is 2.33. The molecule has 1 amide bonds. The molecule has 0 bridgehead atoms. The maximum atomic E-state index is 12.8. The summed E-state index contributed by atoms with van der Waals surface area (Å²) in [4.78, 5) is 23.7. The van der Waals surface area contributed by atoms with Crippen LogP contribution in [0.4, 0.5) is 0 Å². The molecule has 2 aromatic heterocycles. The average Bonchev–Trinajstić information content (AvgIpc) is 3.26. The van der Waals surface area contributed by atoms with Gasteiger partial charge in [0.1, 0.15) is 5.82 Å². The molecule has 0 aromatic carbocycles. The van der Waals surface area contributed by atoms with Crippen LogP contribution in [0.2, 0.25) is 0 Å². The van der Waals surface area contributed by atoms with E-state index >= 15 is 0 Å². The zero-order valence-corrected chi connectivity index (χ0v) is 15.8. The number of aromatic nitrogens is 3. The Hall–Kier alpha value is -2.45. The van der Waals surface area contributed by atoms with Crippen LogP contribution < -0.4 is 10.1 Å². The van der Waals surface area contributed by atoms with Gasteiger partial charge in [-0.1, -0.05) is 0 Å². The second-order valence-corrected chi connectivity index (χ2v) is 7.35. The summed E-state index contributed by atoms with van der Waals surface area (Å²) in [6.45, 7) is 5.86. The van der Waals surface area contributed by atoms with Crippen molar-refractivity contribution >= 4 is 5.91 Å². The van der Waals surface area contributed by atoms with E-state index in [1.807, 2.05) is 30.7 Å². The molecule has 0 aliphatic carbocycles. The molecule has 8 nitrogen and oxygen atoms in total. The maximum absolute atomic E-state index is 12.8. The Morgan fingerprint density at radius 1 is 1.37 bits per heavy atom. The number of carbonyl (C=O) groups excluding carboxylic acids is 1. The lowest BCUT2D eigenvalue weighted by Gasteiger charge is -2.30. The molecule has 2 aliphatic heterocycles. The van der Waals surface area contributed by atoms with Gasteiger partial charge in [-0.25, -0.2) is 9.97 Å². The number of fused-ring (bicyclic) bond motifs is 1. The molecule has 8 heteroatoms. The predicted octanol–water partition coefficient (Wildman–Crippen LogP) is 1.21. The average molecular weight is 371 g/mol. The number of amides is 1. The van der Waals surface area contributed by atoms with E-state index in [0.717, 1.165) is 18.7 Å². The molecule has 1 saturated heterocycles. The van der Waals surface area contributed by atoms with Crippen molar-refractivity contribution in [2.45, 2.75) is 45.0 Å². The fourth-order valence-corrected chi connectivity index (χ4v) is 3.90. The van der Waals surface area contributed by atoms with Gasteiger partial charge >= 0.3 is 0 Å². The van der Waals surface area contributed by atoms with Crippen molar-refractivity contribution in [3.63, 3.8) is 0 Å². The van der Waals surface area contributed by atoms with Crippen molar-refractivity contribution in [3.05, 3.63) is 29.7 Å². The fraction of sp³-hybridized carbons (Fsp3) is 0.526. The summed E-state index contributed by atoms with van der Waals surface area (Å²) in [5, 5.41) is 13.6. The van der Waals surface area contributed by atoms with Gasteiger partial charge in [0, 0.05) is 25.0 Å². The number of aliphatic hydroxyl groups excluding tert-OH is 1. The Bertz CT molecular complexity index is 863. The van der Waals surface area contributed by atoms with Gasteiger partial charge < -0.3 is 24.6 Å². The zero-order valence-electron chi connectivity index (χ0n) is 15.8. The van der Waals surface area contributed by atoms with Crippen molar-refractivity contribution in [2.24, 2.45) is 0 Å². The van der Waals surface area contributed by atoms with Crippen molar-refractivity contribution in [2.75, 3.05) is 20.2 Å². The number of nitrogens with one attached hydrogen (secondary N) is 1. The molecule has 4 heterocycles. The number of rotatable bonds is 4. The normalized spacial score (nSPS) is 22.4. The van der Waals surface area contributed by atoms with E-state index in [1.54, 1.807) is 18.2 Å². The Labute approximate surface area is 158 Å². The van der Waals surface area contributed by atoms with Gasteiger partial charge in [-0.15, -0.1) is 0 Å². The van der Waals surface area contributed by atoms with E-state index in [9.17, 15) is 9.90 Å². The molecule has 0 radical (unpaired) electrons. The Balaban J connectivity index is 1.78. The first-order chi connectivity index (χ1) is 13.0. The van der Waals surface area contributed by atoms with Crippen LogP contribution in [-0.2, 0) is 6.54 Å². The van der Waals surface area contributed by atoms with E-state index in [0.29, 0.717) is 35.9 Å². The maximum Gasteiger partial charge on any atom is 0.256 e. The third kappa shape index (κ3) is 2.98. The molecule has 1 fully saturated rings. The lowest BCUT2D eigenvalue weighted by Crippen LogP contribution is -2.41. The number of ether oxygens (including phenoxy) is 1. The highest BCUT2D eigenvalue weighted by Crippen LogP contribution is 2.35. The summed E-state index contributed by atoms with van der Waals surface area (Å²) < 4.78 is 7.49. The predicted molar refractivity (Wildman–Crippen MR) is 99.6 cm³/mol. The molecule has 4 rings (SSSR count). The van der Waals surface area contributed by atoms with Crippen molar-refractivity contribution in [1.82, 2.24) is 24.8 Å². The smallest absolute Gasteiger partial charge is 0.256 e. The second kappa shape index (κ2) is 6.94. The summed E-state index contributed by atoms with van der Waals surface area (Å²) in [6, 6.07) is 1.86. The Morgan fingerprint density at radius 2 is 2.19 bits per heavy atom. The van der Waals surface area contributed by atoms with E-state index in [-0.39, 0.29) is 18.0 Å². The molecule has 0 saturated carbocycles. The molecule has 27 heavy (non-hydrogen) atoms. The highest BCUT2D eigenvalue weighted by molar-refractivity contribution is 5.99. The second-order valence-electron chi connectivity index (χ2n) is 7.35. The number of methoxy groups -OCH3 is 1. The van der Waals surface area contributed by atoms with Crippen LogP contribution >= 0.6 is 0 Å². The number of pyridine rings is 1. The van der Waals surface area contributed by atoms with E-state index in [1.165, 1.54) is 0 Å². The Morgan fingerprint density at radius 3 is 2.89 bits per heavy atom. The van der Waals surface area contributed by atoms with Crippen LogP contribution in [0.3, 0.4) is 0 Å². The number of nitrogens with zero attached hydrogens (tertiary/aromatic N) is 4. The van der Waals surface area contributed by atoms with Crippen LogP contribution in [-0.4, -0.2) is 62.8 Å². The third-order valence-electron chi connectivity index (χ3n) is 5.38. The van der Waals surface area contributed by atoms with E-state index in [4.69, 9.17) is 4.74 Å². The number of piperidine rings is 1. The number of aliphatic hydroxyl groups is 1. The number of imidazole rings is 1. The van der Waals surface area contributed by atoms with Crippen LogP contribution in [0.15, 0.2) is 18.5 Å². The van der Waals surface area contributed by atoms with Gasteiger partial charge in [0.2, 0.25) is 5.88 Å². The van der Waals surface area contributed by atoms with Crippen LogP contribution in [0.5, 0.6) is 5.88 Å². The van der Waals surface area contributed by atoms with Gasteiger partial charge in [-0.2, -0.15) is 0 Å². The van der Waals surface area contributed by atoms with Crippen molar-refractivity contribution in [1.29, 1.82) is 0 Å². The lowest BCUT2D eigenvalue weighted by molar-refractivity contribution is 0.0730. The number of carbonyl (C=O) groups is 1. The molecule has 2 atom stereocenters. The molecular weight excluding hydrogens is 346 g/mol. The quantitative estimate of drug-likeness (QED) is 0.839. The van der Waals surface area contributed by atoms with Crippen LogP contribution in [0.25, 0.3) is 11.4 Å².